The number of rotatable bonds is 13. The second kappa shape index (κ2) is 13.5. The lowest BCUT2D eigenvalue weighted by Gasteiger charge is -2.09. The molecule has 120 valence electrons. The van der Waals surface area contributed by atoms with Crippen molar-refractivity contribution in [3.63, 3.8) is 0 Å². The first kappa shape index (κ1) is 19.5. The highest BCUT2D eigenvalue weighted by atomic mass is 16.5. The lowest BCUT2D eigenvalue weighted by molar-refractivity contribution is -0.141. The monoisotopic (exact) mass is 284 g/mol. The van der Waals surface area contributed by atoms with Crippen LogP contribution in [-0.4, -0.2) is 13.1 Å². The Bertz CT molecular complexity index is 225. The first-order chi connectivity index (χ1) is 9.60. The molecule has 0 aliphatic heterocycles. The number of hydrogen-bond acceptors (Lipinski definition) is 2. The van der Waals surface area contributed by atoms with Gasteiger partial charge in [0.2, 0.25) is 0 Å². The quantitative estimate of drug-likeness (QED) is 0.318. The van der Waals surface area contributed by atoms with Crippen LogP contribution in [0.2, 0.25) is 0 Å². The molecule has 0 saturated heterocycles. The molecule has 0 bridgehead atoms. The van der Waals surface area contributed by atoms with Gasteiger partial charge in [-0.2, -0.15) is 0 Å². The fraction of sp³-hybridized carbons (Fsp3) is 0.944. The highest BCUT2D eigenvalue weighted by Gasteiger charge is 2.08. The third-order valence-electron chi connectivity index (χ3n) is 4.33. The van der Waals surface area contributed by atoms with Gasteiger partial charge in [0, 0.05) is 6.42 Å². The summed E-state index contributed by atoms with van der Waals surface area (Å²) in [6.45, 7) is 6.78. The third-order valence-corrected chi connectivity index (χ3v) is 4.33. The van der Waals surface area contributed by atoms with E-state index in [1.165, 1.54) is 64.9 Å². The van der Waals surface area contributed by atoms with Gasteiger partial charge in [0.1, 0.15) is 0 Å². The summed E-state index contributed by atoms with van der Waals surface area (Å²) in [5.41, 5.74) is 0. The smallest absolute Gasteiger partial charge is 0.305 e. The minimum Gasteiger partial charge on any atom is -0.469 e. The maximum absolute atomic E-state index is 11.1. The van der Waals surface area contributed by atoms with Gasteiger partial charge in [-0.05, 0) is 11.8 Å². The van der Waals surface area contributed by atoms with Crippen molar-refractivity contribution in [3.8, 4) is 0 Å². The Balaban J connectivity index is 3.22. The van der Waals surface area contributed by atoms with Crippen LogP contribution < -0.4 is 0 Å². The van der Waals surface area contributed by atoms with Gasteiger partial charge in [0.25, 0.3) is 0 Å². The molecule has 2 nitrogen and oxygen atoms in total. The standard InChI is InChI=1S/C18H36O2/c1-5-16(2)13-11-9-7-6-8-10-12-14-17(3)15-18(19)20-4/h16-17H,5-15H2,1-4H3. The molecule has 0 aromatic carbocycles. The number of carbonyl (C=O) groups excluding carboxylic acids is 1. The normalized spacial score (nSPS) is 14.0. The molecule has 0 aliphatic rings. The maximum Gasteiger partial charge on any atom is 0.305 e. The summed E-state index contributed by atoms with van der Waals surface area (Å²) < 4.78 is 4.69. The minimum absolute atomic E-state index is 0.0705. The van der Waals surface area contributed by atoms with Crippen LogP contribution in [0.5, 0.6) is 0 Å². The molecule has 0 amide bonds. The van der Waals surface area contributed by atoms with E-state index in [0.29, 0.717) is 12.3 Å². The van der Waals surface area contributed by atoms with Gasteiger partial charge in [0.05, 0.1) is 7.11 Å². The Hall–Kier alpha value is -0.530. The van der Waals surface area contributed by atoms with Crippen molar-refractivity contribution in [3.05, 3.63) is 0 Å². The van der Waals surface area contributed by atoms with Crippen molar-refractivity contribution < 1.29 is 9.53 Å². The molecule has 2 heteroatoms. The molecule has 0 aromatic heterocycles. The predicted octanol–water partition coefficient (Wildman–Crippen LogP) is 5.74. The van der Waals surface area contributed by atoms with E-state index in [1.54, 1.807) is 0 Å². The van der Waals surface area contributed by atoms with Gasteiger partial charge < -0.3 is 4.74 Å². The van der Waals surface area contributed by atoms with E-state index >= 15 is 0 Å². The largest absolute Gasteiger partial charge is 0.469 e. The highest BCUT2D eigenvalue weighted by molar-refractivity contribution is 5.69. The van der Waals surface area contributed by atoms with Crippen LogP contribution in [0.3, 0.4) is 0 Å². The zero-order chi connectivity index (χ0) is 15.2. The molecule has 0 aromatic rings. The van der Waals surface area contributed by atoms with E-state index in [2.05, 4.69) is 25.5 Å². The summed E-state index contributed by atoms with van der Waals surface area (Å²) >= 11 is 0. The average molecular weight is 284 g/mol. The molecule has 2 unspecified atom stereocenters. The zero-order valence-corrected chi connectivity index (χ0v) is 14.2. The zero-order valence-electron chi connectivity index (χ0n) is 14.2. The topological polar surface area (TPSA) is 26.3 Å². The van der Waals surface area contributed by atoms with Crippen molar-refractivity contribution >= 4 is 5.97 Å². The van der Waals surface area contributed by atoms with Gasteiger partial charge >= 0.3 is 5.97 Å². The predicted molar refractivity (Wildman–Crippen MR) is 86.8 cm³/mol. The van der Waals surface area contributed by atoms with Crippen molar-refractivity contribution in [1.29, 1.82) is 0 Å². The van der Waals surface area contributed by atoms with Crippen LogP contribution >= 0.6 is 0 Å². The van der Waals surface area contributed by atoms with E-state index in [4.69, 9.17) is 0 Å². The number of methoxy groups -OCH3 is 1. The lowest BCUT2D eigenvalue weighted by atomic mass is 9.98. The molecule has 0 N–H and O–H groups in total. The van der Waals surface area contributed by atoms with Crippen molar-refractivity contribution in [2.24, 2.45) is 11.8 Å². The Morgan fingerprint density at radius 2 is 1.30 bits per heavy atom. The number of carbonyl (C=O) groups is 1. The summed E-state index contributed by atoms with van der Waals surface area (Å²) in [7, 11) is 1.47. The summed E-state index contributed by atoms with van der Waals surface area (Å²) in [6.07, 6.45) is 14.0. The summed E-state index contributed by atoms with van der Waals surface area (Å²) in [4.78, 5) is 11.1. The summed E-state index contributed by atoms with van der Waals surface area (Å²) in [5.74, 6) is 1.31. The second-order valence-electron chi connectivity index (χ2n) is 6.45. The van der Waals surface area contributed by atoms with Crippen molar-refractivity contribution in [1.82, 2.24) is 0 Å². The van der Waals surface area contributed by atoms with Crippen molar-refractivity contribution in [2.45, 2.75) is 91.4 Å². The Kier molecular flexibility index (Phi) is 13.1. The Morgan fingerprint density at radius 3 is 1.75 bits per heavy atom. The fourth-order valence-corrected chi connectivity index (χ4v) is 2.54. The van der Waals surface area contributed by atoms with Crippen LogP contribution in [0.25, 0.3) is 0 Å². The van der Waals surface area contributed by atoms with Gasteiger partial charge in [-0.1, -0.05) is 85.0 Å². The number of unbranched alkanes of at least 4 members (excludes halogenated alkanes) is 6. The third kappa shape index (κ3) is 12.5. The maximum atomic E-state index is 11.1. The molecule has 0 rings (SSSR count). The van der Waals surface area contributed by atoms with Crippen LogP contribution in [0, 0.1) is 11.8 Å². The highest BCUT2D eigenvalue weighted by Crippen LogP contribution is 2.17. The summed E-state index contributed by atoms with van der Waals surface area (Å²) in [5, 5.41) is 0. The fourth-order valence-electron chi connectivity index (χ4n) is 2.54. The molecular weight excluding hydrogens is 248 g/mol. The van der Waals surface area contributed by atoms with Gasteiger partial charge in [0.15, 0.2) is 0 Å². The Morgan fingerprint density at radius 1 is 0.850 bits per heavy atom. The van der Waals surface area contributed by atoms with E-state index in [-0.39, 0.29) is 5.97 Å². The van der Waals surface area contributed by atoms with Gasteiger partial charge in [-0.15, -0.1) is 0 Å². The molecule has 20 heavy (non-hydrogen) atoms. The van der Waals surface area contributed by atoms with Crippen LogP contribution in [0.1, 0.15) is 91.4 Å². The van der Waals surface area contributed by atoms with E-state index in [9.17, 15) is 4.79 Å². The van der Waals surface area contributed by atoms with Crippen LogP contribution in [0.15, 0.2) is 0 Å². The first-order valence-electron chi connectivity index (χ1n) is 8.66. The molecule has 0 spiro atoms. The molecule has 0 aliphatic carbocycles. The molecule has 2 atom stereocenters. The number of hydrogen-bond donors (Lipinski definition) is 0. The van der Waals surface area contributed by atoms with Gasteiger partial charge in [-0.25, -0.2) is 0 Å². The minimum atomic E-state index is -0.0705. The average Bonchev–Trinajstić information content (AvgIpc) is 2.44. The molecular formula is C18H36O2. The van der Waals surface area contributed by atoms with E-state index in [1.807, 2.05) is 0 Å². The first-order valence-corrected chi connectivity index (χ1v) is 8.66. The molecule has 0 radical (unpaired) electrons. The Labute approximate surface area is 126 Å². The molecule has 0 saturated carbocycles. The molecule has 0 heterocycles. The van der Waals surface area contributed by atoms with E-state index in [0.717, 1.165) is 12.3 Å². The van der Waals surface area contributed by atoms with E-state index < -0.39 is 0 Å². The molecule has 0 fully saturated rings. The number of ether oxygens (including phenoxy) is 1. The number of esters is 1. The van der Waals surface area contributed by atoms with Gasteiger partial charge in [-0.3, -0.25) is 4.79 Å². The summed E-state index contributed by atoms with van der Waals surface area (Å²) in [6, 6.07) is 0. The lowest BCUT2D eigenvalue weighted by Crippen LogP contribution is -2.06. The van der Waals surface area contributed by atoms with Crippen LogP contribution in [0.4, 0.5) is 0 Å². The van der Waals surface area contributed by atoms with Crippen molar-refractivity contribution in [2.75, 3.05) is 7.11 Å². The van der Waals surface area contributed by atoms with Crippen LogP contribution in [-0.2, 0) is 9.53 Å². The SMILES string of the molecule is CCC(C)CCCCCCCCCC(C)CC(=O)OC. The second-order valence-corrected chi connectivity index (χ2v) is 6.45.